The Kier molecular flexibility index (Phi) is 5.62. The molecular weight excluding hydrogens is 389 g/mol. The van der Waals surface area contributed by atoms with Crippen molar-refractivity contribution in [3.05, 3.63) is 82.0 Å². The van der Waals surface area contributed by atoms with Crippen molar-refractivity contribution < 1.29 is 22.8 Å². The molecule has 10 heteroatoms. The lowest BCUT2D eigenvalue weighted by Crippen LogP contribution is -2.19. The molecule has 1 aromatic heterocycles. The molecular formula is C19H15F3N4O3. The van der Waals surface area contributed by atoms with Gasteiger partial charge >= 0.3 is 12.2 Å². The summed E-state index contributed by atoms with van der Waals surface area (Å²) in [6, 6.07) is 14.0. The van der Waals surface area contributed by atoms with Crippen molar-refractivity contribution in [1.82, 2.24) is 9.97 Å². The first-order valence-electron chi connectivity index (χ1n) is 8.35. The molecule has 0 aliphatic carbocycles. The third-order valence-corrected chi connectivity index (χ3v) is 4.01. The monoisotopic (exact) mass is 404 g/mol. The Labute approximate surface area is 163 Å². The zero-order valence-corrected chi connectivity index (χ0v) is 15.1. The van der Waals surface area contributed by atoms with Gasteiger partial charge in [0.05, 0.1) is 4.92 Å². The van der Waals surface area contributed by atoms with Gasteiger partial charge in [-0.15, -0.1) is 0 Å². The second kappa shape index (κ2) is 8.13. The molecule has 0 amide bonds. The van der Waals surface area contributed by atoms with E-state index in [4.69, 9.17) is 4.74 Å². The summed E-state index contributed by atoms with van der Waals surface area (Å²) in [6.45, 7) is 0.0756. The van der Waals surface area contributed by atoms with Crippen LogP contribution in [0.25, 0.3) is 0 Å². The molecule has 0 fully saturated rings. The average Bonchev–Trinajstić information content (AvgIpc) is 2.71. The number of aromatic nitrogens is 2. The van der Waals surface area contributed by atoms with Gasteiger partial charge in [-0.3, -0.25) is 10.1 Å². The van der Waals surface area contributed by atoms with Gasteiger partial charge in [0, 0.05) is 31.1 Å². The molecule has 29 heavy (non-hydrogen) atoms. The van der Waals surface area contributed by atoms with E-state index in [2.05, 4.69) is 9.97 Å². The Hall–Kier alpha value is -3.69. The first kappa shape index (κ1) is 20.1. The third kappa shape index (κ3) is 4.78. The lowest BCUT2D eigenvalue weighted by molar-refractivity contribution is -0.384. The SMILES string of the molecule is CN(c1cccc([N+](=O)[O-])c1)c1nc(OCc2ccccc2)ncc1C(F)(F)F. The van der Waals surface area contributed by atoms with Crippen LogP contribution in [0.5, 0.6) is 6.01 Å². The van der Waals surface area contributed by atoms with Gasteiger partial charge in [0.2, 0.25) is 0 Å². The number of benzene rings is 2. The van der Waals surface area contributed by atoms with Gasteiger partial charge in [-0.25, -0.2) is 4.98 Å². The zero-order valence-electron chi connectivity index (χ0n) is 15.1. The summed E-state index contributed by atoms with van der Waals surface area (Å²) in [6.07, 6.45) is -4.08. The Morgan fingerprint density at radius 3 is 2.52 bits per heavy atom. The van der Waals surface area contributed by atoms with Gasteiger partial charge in [0.1, 0.15) is 12.2 Å². The van der Waals surface area contributed by atoms with Crippen LogP contribution in [0.4, 0.5) is 30.4 Å². The number of anilines is 2. The summed E-state index contributed by atoms with van der Waals surface area (Å²) < 4.78 is 45.8. The van der Waals surface area contributed by atoms with Gasteiger partial charge in [-0.2, -0.15) is 18.2 Å². The van der Waals surface area contributed by atoms with Gasteiger partial charge < -0.3 is 9.64 Å². The second-order valence-corrected chi connectivity index (χ2v) is 6.00. The molecule has 7 nitrogen and oxygen atoms in total. The van der Waals surface area contributed by atoms with E-state index in [9.17, 15) is 23.3 Å². The van der Waals surface area contributed by atoms with Crippen LogP contribution in [0.3, 0.4) is 0 Å². The van der Waals surface area contributed by atoms with Crippen molar-refractivity contribution in [3.63, 3.8) is 0 Å². The third-order valence-electron chi connectivity index (χ3n) is 4.01. The molecule has 0 saturated carbocycles. The maximum atomic E-state index is 13.5. The van der Waals surface area contributed by atoms with Crippen LogP contribution in [0.1, 0.15) is 11.1 Å². The molecule has 0 radical (unpaired) electrons. The van der Waals surface area contributed by atoms with E-state index in [0.29, 0.717) is 6.20 Å². The van der Waals surface area contributed by atoms with Crippen molar-refractivity contribution in [1.29, 1.82) is 0 Å². The highest BCUT2D eigenvalue weighted by Gasteiger charge is 2.37. The molecule has 0 aliphatic rings. The summed E-state index contributed by atoms with van der Waals surface area (Å²) in [7, 11) is 1.33. The lowest BCUT2D eigenvalue weighted by atomic mass is 10.2. The molecule has 150 valence electrons. The number of nitrogens with zero attached hydrogens (tertiary/aromatic N) is 4. The van der Waals surface area contributed by atoms with Crippen molar-refractivity contribution in [2.24, 2.45) is 0 Å². The molecule has 0 atom stereocenters. The number of alkyl halides is 3. The first-order valence-corrected chi connectivity index (χ1v) is 8.35. The fourth-order valence-corrected chi connectivity index (χ4v) is 2.54. The predicted octanol–water partition coefficient (Wildman–Crippen LogP) is 4.75. The van der Waals surface area contributed by atoms with E-state index in [-0.39, 0.29) is 24.0 Å². The fourth-order valence-electron chi connectivity index (χ4n) is 2.54. The molecule has 2 aromatic carbocycles. The first-order chi connectivity index (χ1) is 13.8. The number of halogens is 3. The maximum absolute atomic E-state index is 13.5. The molecule has 0 aliphatic heterocycles. The summed E-state index contributed by atoms with van der Waals surface area (Å²) in [5.41, 5.74) is -0.377. The largest absolute Gasteiger partial charge is 0.459 e. The van der Waals surface area contributed by atoms with Crippen LogP contribution >= 0.6 is 0 Å². The predicted molar refractivity (Wildman–Crippen MR) is 99.0 cm³/mol. The summed E-state index contributed by atoms with van der Waals surface area (Å²) >= 11 is 0. The molecule has 0 spiro atoms. The van der Waals surface area contributed by atoms with E-state index in [1.807, 2.05) is 6.07 Å². The highest BCUT2D eigenvalue weighted by Crippen LogP contribution is 2.38. The second-order valence-electron chi connectivity index (χ2n) is 6.00. The van der Waals surface area contributed by atoms with E-state index in [1.54, 1.807) is 24.3 Å². The summed E-state index contributed by atoms with van der Waals surface area (Å²) in [5.74, 6) is -0.476. The number of hydrogen-bond acceptors (Lipinski definition) is 6. The van der Waals surface area contributed by atoms with E-state index in [0.717, 1.165) is 16.5 Å². The molecule has 1 heterocycles. The molecule has 3 aromatic rings. The normalized spacial score (nSPS) is 11.2. The van der Waals surface area contributed by atoms with Crippen LogP contribution in [0, 0.1) is 10.1 Å². The number of non-ortho nitro benzene ring substituents is 1. The van der Waals surface area contributed by atoms with Crippen LogP contribution in [0.2, 0.25) is 0 Å². The highest BCUT2D eigenvalue weighted by atomic mass is 19.4. The zero-order chi connectivity index (χ0) is 21.0. The quantitative estimate of drug-likeness (QED) is 0.436. The fraction of sp³-hybridized carbons (Fsp3) is 0.158. The van der Waals surface area contributed by atoms with Crippen molar-refractivity contribution >= 4 is 17.2 Å². The Morgan fingerprint density at radius 1 is 1.14 bits per heavy atom. The van der Waals surface area contributed by atoms with Gasteiger partial charge in [-0.05, 0) is 11.6 Å². The van der Waals surface area contributed by atoms with Crippen molar-refractivity contribution in [2.45, 2.75) is 12.8 Å². The number of rotatable bonds is 6. The maximum Gasteiger partial charge on any atom is 0.421 e. The summed E-state index contributed by atoms with van der Waals surface area (Å²) in [4.78, 5) is 19.0. The Morgan fingerprint density at radius 2 is 1.86 bits per heavy atom. The van der Waals surface area contributed by atoms with E-state index < -0.39 is 22.5 Å². The molecule has 0 bridgehead atoms. The van der Waals surface area contributed by atoms with Crippen molar-refractivity contribution in [2.75, 3.05) is 11.9 Å². The van der Waals surface area contributed by atoms with Crippen LogP contribution in [-0.2, 0) is 12.8 Å². The van der Waals surface area contributed by atoms with Crippen LogP contribution in [-0.4, -0.2) is 21.9 Å². The molecule has 0 saturated heterocycles. The van der Waals surface area contributed by atoms with Crippen LogP contribution < -0.4 is 9.64 Å². The number of nitro groups is 1. The lowest BCUT2D eigenvalue weighted by Gasteiger charge is -2.22. The number of nitro benzene ring substituents is 1. The molecule has 0 N–H and O–H groups in total. The average molecular weight is 404 g/mol. The highest BCUT2D eigenvalue weighted by molar-refractivity contribution is 5.65. The molecule has 0 unspecified atom stereocenters. The minimum Gasteiger partial charge on any atom is -0.459 e. The molecule has 3 rings (SSSR count). The summed E-state index contributed by atoms with van der Waals surface area (Å²) in [5, 5.41) is 11.0. The Balaban J connectivity index is 1.95. The standard InChI is InChI=1S/C19H15F3N4O3/c1-25(14-8-5-9-15(10-14)26(27)28)17-16(19(20,21)22)11-23-18(24-17)29-12-13-6-3-2-4-7-13/h2-11H,12H2,1H3. The van der Waals surface area contributed by atoms with E-state index in [1.165, 1.54) is 25.2 Å². The number of ether oxygens (including phenoxy) is 1. The van der Waals surface area contributed by atoms with Crippen molar-refractivity contribution in [3.8, 4) is 6.01 Å². The number of hydrogen-bond donors (Lipinski definition) is 0. The van der Waals surface area contributed by atoms with Crippen LogP contribution in [0.15, 0.2) is 60.8 Å². The topological polar surface area (TPSA) is 81.4 Å². The van der Waals surface area contributed by atoms with E-state index >= 15 is 0 Å². The smallest absolute Gasteiger partial charge is 0.421 e. The minimum absolute atomic E-state index is 0.0756. The van der Waals surface area contributed by atoms with Gasteiger partial charge in [0.25, 0.3) is 5.69 Å². The van der Waals surface area contributed by atoms with Gasteiger partial charge in [0.15, 0.2) is 5.82 Å². The minimum atomic E-state index is -4.72. The Bertz CT molecular complexity index is 1010. The van der Waals surface area contributed by atoms with Gasteiger partial charge in [-0.1, -0.05) is 36.4 Å².